The molecule has 1 aromatic heterocycles. The molecule has 1 aromatic carbocycles. The highest BCUT2D eigenvalue weighted by molar-refractivity contribution is 5.20. The van der Waals surface area contributed by atoms with Crippen molar-refractivity contribution in [2.75, 3.05) is 6.61 Å². The molecule has 0 saturated heterocycles. The maximum atomic E-state index is 9.57. The summed E-state index contributed by atoms with van der Waals surface area (Å²) < 4.78 is 1.86. The van der Waals surface area contributed by atoms with Gasteiger partial charge in [0.1, 0.15) is 0 Å². The van der Waals surface area contributed by atoms with E-state index in [0.717, 1.165) is 18.7 Å². The Kier molecular flexibility index (Phi) is 5.53. The van der Waals surface area contributed by atoms with Crippen LogP contribution in [0.2, 0.25) is 0 Å². The van der Waals surface area contributed by atoms with E-state index in [1.54, 1.807) is 0 Å². The van der Waals surface area contributed by atoms with Crippen molar-refractivity contribution < 1.29 is 5.11 Å². The van der Waals surface area contributed by atoms with Crippen molar-refractivity contribution in [3.8, 4) is 0 Å². The van der Waals surface area contributed by atoms with Crippen molar-refractivity contribution in [2.45, 2.75) is 38.8 Å². The average Bonchev–Trinajstić information content (AvgIpc) is 2.86. The van der Waals surface area contributed by atoms with Gasteiger partial charge in [-0.25, -0.2) is 0 Å². The van der Waals surface area contributed by atoms with Gasteiger partial charge in [-0.3, -0.25) is 4.68 Å². The van der Waals surface area contributed by atoms with Gasteiger partial charge in [-0.2, -0.15) is 5.10 Å². The summed E-state index contributed by atoms with van der Waals surface area (Å²) in [5, 5.41) is 17.5. The molecule has 0 radical (unpaired) electrons. The maximum absolute atomic E-state index is 9.57. The summed E-state index contributed by atoms with van der Waals surface area (Å²) in [7, 11) is 1.95. The van der Waals surface area contributed by atoms with Gasteiger partial charge in [0.05, 0.1) is 12.3 Å². The molecule has 0 aliphatic rings. The Labute approximate surface area is 126 Å². The van der Waals surface area contributed by atoms with Crippen LogP contribution in [0.4, 0.5) is 0 Å². The molecule has 1 atom stereocenters. The van der Waals surface area contributed by atoms with E-state index >= 15 is 0 Å². The smallest absolute Gasteiger partial charge is 0.0694 e. The van der Waals surface area contributed by atoms with Gasteiger partial charge in [0.25, 0.3) is 0 Å². The zero-order valence-corrected chi connectivity index (χ0v) is 13.1. The van der Waals surface area contributed by atoms with Crippen molar-refractivity contribution in [2.24, 2.45) is 7.05 Å². The van der Waals surface area contributed by atoms with Crippen LogP contribution in [0, 0.1) is 0 Å². The topological polar surface area (TPSA) is 50.1 Å². The van der Waals surface area contributed by atoms with Gasteiger partial charge in [0, 0.05) is 31.4 Å². The number of hydrogen-bond acceptors (Lipinski definition) is 3. The Morgan fingerprint density at radius 1 is 1.24 bits per heavy atom. The number of rotatable bonds is 7. The van der Waals surface area contributed by atoms with Crippen molar-refractivity contribution in [1.82, 2.24) is 15.1 Å². The second-order valence-electron chi connectivity index (χ2n) is 5.82. The lowest BCUT2D eigenvalue weighted by Crippen LogP contribution is -2.34. The number of aliphatic hydroxyl groups is 1. The minimum Gasteiger partial charge on any atom is -0.395 e. The van der Waals surface area contributed by atoms with E-state index in [2.05, 4.69) is 42.6 Å². The first kappa shape index (κ1) is 15.7. The number of hydrogen-bond donors (Lipinski definition) is 2. The van der Waals surface area contributed by atoms with Crippen LogP contribution in [0.3, 0.4) is 0 Å². The van der Waals surface area contributed by atoms with Crippen LogP contribution in [0.25, 0.3) is 0 Å². The van der Waals surface area contributed by atoms with Crippen molar-refractivity contribution >= 4 is 0 Å². The fourth-order valence-electron chi connectivity index (χ4n) is 2.53. The largest absolute Gasteiger partial charge is 0.395 e. The molecule has 2 aromatic rings. The maximum Gasteiger partial charge on any atom is 0.0694 e. The molecule has 0 unspecified atom stereocenters. The van der Waals surface area contributed by atoms with Gasteiger partial charge in [-0.05, 0) is 17.9 Å². The minimum atomic E-state index is 0.0626. The van der Waals surface area contributed by atoms with E-state index in [1.807, 2.05) is 29.9 Å². The SMILES string of the molecule is CC(C)c1nn(C)cc1CN[C@H](CO)Cc1ccccc1. The van der Waals surface area contributed by atoms with Gasteiger partial charge in [0.2, 0.25) is 0 Å². The number of aryl methyl sites for hydroxylation is 1. The summed E-state index contributed by atoms with van der Waals surface area (Å²) in [6.07, 6.45) is 2.88. The zero-order chi connectivity index (χ0) is 15.2. The van der Waals surface area contributed by atoms with Gasteiger partial charge in [0.15, 0.2) is 0 Å². The Morgan fingerprint density at radius 2 is 1.95 bits per heavy atom. The van der Waals surface area contributed by atoms with Crippen molar-refractivity contribution in [1.29, 1.82) is 0 Å². The van der Waals surface area contributed by atoms with E-state index in [1.165, 1.54) is 11.1 Å². The zero-order valence-electron chi connectivity index (χ0n) is 13.1. The van der Waals surface area contributed by atoms with E-state index in [4.69, 9.17) is 0 Å². The highest BCUT2D eigenvalue weighted by atomic mass is 16.3. The highest BCUT2D eigenvalue weighted by Crippen LogP contribution is 2.17. The number of nitrogens with zero attached hydrogens (tertiary/aromatic N) is 2. The summed E-state index contributed by atoms with van der Waals surface area (Å²) in [4.78, 5) is 0. The standard InChI is InChI=1S/C17H25N3O/c1-13(2)17-15(11-20(3)19-17)10-18-16(12-21)9-14-7-5-4-6-8-14/h4-8,11,13,16,18,21H,9-10,12H2,1-3H3/t16-/m0/s1. The lowest BCUT2D eigenvalue weighted by Gasteiger charge is -2.16. The molecular weight excluding hydrogens is 262 g/mol. The second-order valence-corrected chi connectivity index (χ2v) is 5.82. The van der Waals surface area contributed by atoms with Gasteiger partial charge in [-0.1, -0.05) is 44.2 Å². The number of aliphatic hydroxyl groups excluding tert-OH is 1. The van der Waals surface area contributed by atoms with Crippen LogP contribution in [-0.4, -0.2) is 27.5 Å². The van der Waals surface area contributed by atoms with Crippen molar-refractivity contribution in [3.05, 3.63) is 53.3 Å². The van der Waals surface area contributed by atoms with Gasteiger partial charge >= 0.3 is 0 Å². The molecule has 1 heterocycles. The molecule has 0 spiro atoms. The molecule has 114 valence electrons. The molecule has 0 saturated carbocycles. The predicted molar refractivity (Wildman–Crippen MR) is 85.2 cm³/mol. The molecule has 0 fully saturated rings. The molecule has 21 heavy (non-hydrogen) atoms. The normalized spacial score (nSPS) is 12.8. The molecular formula is C17H25N3O. The van der Waals surface area contributed by atoms with Crippen LogP contribution in [0.15, 0.2) is 36.5 Å². The summed E-state index contributed by atoms with van der Waals surface area (Å²) >= 11 is 0. The number of aromatic nitrogens is 2. The van der Waals surface area contributed by atoms with Crippen LogP contribution in [-0.2, 0) is 20.0 Å². The van der Waals surface area contributed by atoms with Crippen LogP contribution in [0.1, 0.15) is 36.6 Å². The first-order chi connectivity index (χ1) is 10.1. The number of benzene rings is 1. The summed E-state index contributed by atoms with van der Waals surface area (Å²) in [5.41, 5.74) is 3.57. The monoisotopic (exact) mass is 287 g/mol. The third kappa shape index (κ3) is 4.41. The molecule has 2 rings (SSSR count). The fourth-order valence-corrected chi connectivity index (χ4v) is 2.53. The third-order valence-electron chi connectivity index (χ3n) is 3.61. The summed E-state index contributed by atoms with van der Waals surface area (Å²) in [6.45, 7) is 5.17. The Morgan fingerprint density at radius 3 is 2.57 bits per heavy atom. The third-order valence-corrected chi connectivity index (χ3v) is 3.61. The minimum absolute atomic E-state index is 0.0626. The van der Waals surface area contributed by atoms with Crippen LogP contribution < -0.4 is 5.32 Å². The van der Waals surface area contributed by atoms with Crippen LogP contribution in [0.5, 0.6) is 0 Å². The first-order valence-corrected chi connectivity index (χ1v) is 7.50. The molecule has 2 N–H and O–H groups in total. The Bertz CT molecular complexity index is 548. The highest BCUT2D eigenvalue weighted by Gasteiger charge is 2.13. The second kappa shape index (κ2) is 7.38. The molecule has 0 bridgehead atoms. The van der Waals surface area contributed by atoms with E-state index in [0.29, 0.717) is 5.92 Å². The van der Waals surface area contributed by atoms with Crippen LogP contribution >= 0.6 is 0 Å². The quantitative estimate of drug-likeness (QED) is 0.821. The van der Waals surface area contributed by atoms with Gasteiger partial charge in [-0.15, -0.1) is 0 Å². The van der Waals surface area contributed by atoms with E-state index < -0.39 is 0 Å². The molecule has 0 amide bonds. The lowest BCUT2D eigenvalue weighted by atomic mass is 10.0. The summed E-state index contributed by atoms with van der Waals surface area (Å²) in [5.74, 6) is 0.407. The average molecular weight is 287 g/mol. The van der Waals surface area contributed by atoms with Crippen molar-refractivity contribution in [3.63, 3.8) is 0 Å². The number of nitrogens with one attached hydrogen (secondary N) is 1. The molecule has 4 heteroatoms. The molecule has 4 nitrogen and oxygen atoms in total. The first-order valence-electron chi connectivity index (χ1n) is 7.50. The summed E-state index contributed by atoms with van der Waals surface area (Å²) in [6, 6.07) is 10.3. The molecule has 0 aliphatic heterocycles. The fraction of sp³-hybridized carbons (Fsp3) is 0.471. The Balaban J connectivity index is 1.97. The molecule has 0 aliphatic carbocycles. The van der Waals surface area contributed by atoms with E-state index in [9.17, 15) is 5.11 Å². The Hall–Kier alpha value is -1.65. The predicted octanol–water partition coefficient (Wildman–Crippen LogP) is 2.24. The lowest BCUT2D eigenvalue weighted by molar-refractivity contribution is 0.240. The van der Waals surface area contributed by atoms with E-state index in [-0.39, 0.29) is 12.6 Å². The van der Waals surface area contributed by atoms with Gasteiger partial charge < -0.3 is 10.4 Å².